The highest BCUT2D eigenvalue weighted by atomic mass is 16.5. The lowest BCUT2D eigenvalue weighted by Crippen LogP contribution is -2.14. The van der Waals surface area contributed by atoms with Crippen molar-refractivity contribution < 1.29 is 4.74 Å². The van der Waals surface area contributed by atoms with Gasteiger partial charge in [-0.15, -0.1) is 0 Å². The van der Waals surface area contributed by atoms with Gasteiger partial charge < -0.3 is 15.5 Å². The molecule has 0 saturated carbocycles. The minimum absolute atomic E-state index is 0.104. The number of benzene rings is 1. The molecule has 0 spiro atoms. The summed E-state index contributed by atoms with van der Waals surface area (Å²) in [6, 6.07) is 9.97. The van der Waals surface area contributed by atoms with E-state index in [-0.39, 0.29) is 6.04 Å². The summed E-state index contributed by atoms with van der Waals surface area (Å²) in [7, 11) is 1.67. The number of methoxy groups -OCH3 is 1. The highest BCUT2D eigenvalue weighted by Crippen LogP contribution is 2.19. The molecule has 17 heavy (non-hydrogen) atoms. The number of hydrogen-bond acceptors (Lipinski definition) is 3. The van der Waals surface area contributed by atoms with Crippen LogP contribution in [0.4, 0.5) is 0 Å². The summed E-state index contributed by atoms with van der Waals surface area (Å²) < 4.78 is 5.00. The van der Waals surface area contributed by atoms with Gasteiger partial charge in [0.05, 0.1) is 17.9 Å². The Bertz CT molecular complexity index is 453. The van der Waals surface area contributed by atoms with Crippen molar-refractivity contribution in [3.8, 4) is 11.3 Å². The van der Waals surface area contributed by atoms with Crippen LogP contribution in [0.1, 0.15) is 18.3 Å². The molecule has 0 saturated heterocycles. The first kappa shape index (κ1) is 11.8. The van der Waals surface area contributed by atoms with Gasteiger partial charge in [0.25, 0.3) is 0 Å². The summed E-state index contributed by atoms with van der Waals surface area (Å²) in [4.78, 5) is 7.56. The summed E-state index contributed by atoms with van der Waals surface area (Å²) in [5.41, 5.74) is 8.11. The van der Waals surface area contributed by atoms with Crippen LogP contribution in [0.15, 0.2) is 36.5 Å². The first-order chi connectivity index (χ1) is 8.31. The third-order valence-electron chi connectivity index (χ3n) is 2.66. The minimum atomic E-state index is -0.104. The zero-order valence-corrected chi connectivity index (χ0v) is 9.89. The second-order valence-electron chi connectivity index (χ2n) is 3.94. The van der Waals surface area contributed by atoms with E-state index in [9.17, 15) is 0 Å². The molecule has 90 valence electrons. The van der Waals surface area contributed by atoms with Crippen LogP contribution < -0.4 is 5.73 Å². The van der Waals surface area contributed by atoms with Crippen molar-refractivity contribution >= 4 is 0 Å². The van der Waals surface area contributed by atoms with Gasteiger partial charge in [-0.3, -0.25) is 0 Å². The average Bonchev–Trinajstić information content (AvgIpc) is 2.86. The van der Waals surface area contributed by atoms with E-state index >= 15 is 0 Å². The lowest BCUT2D eigenvalue weighted by atomic mass is 10.2. The smallest absolute Gasteiger partial charge is 0.123 e. The molecule has 4 nitrogen and oxygen atoms in total. The fraction of sp³-hybridized carbons (Fsp3) is 0.308. The molecule has 2 aromatic rings. The van der Waals surface area contributed by atoms with Crippen LogP contribution in [0.3, 0.4) is 0 Å². The van der Waals surface area contributed by atoms with Crippen LogP contribution in [-0.4, -0.2) is 23.7 Å². The number of aromatic nitrogens is 2. The van der Waals surface area contributed by atoms with E-state index < -0.39 is 0 Å². The number of nitrogens with one attached hydrogen (secondary N) is 1. The molecule has 0 bridgehead atoms. The van der Waals surface area contributed by atoms with Crippen LogP contribution in [0.2, 0.25) is 0 Å². The van der Waals surface area contributed by atoms with Gasteiger partial charge in [-0.2, -0.15) is 0 Å². The minimum Gasteiger partial charge on any atom is -0.385 e. The van der Waals surface area contributed by atoms with Crippen LogP contribution in [-0.2, 0) is 4.74 Å². The number of nitrogens with two attached hydrogens (primary N) is 1. The number of ether oxygens (including phenoxy) is 1. The maximum atomic E-state index is 6.00. The Balaban J connectivity index is 2.11. The molecule has 3 N–H and O–H groups in total. The molecule has 1 unspecified atom stereocenters. The first-order valence-corrected chi connectivity index (χ1v) is 5.66. The van der Waals surface area contributed by atoms with Gasteiger partial charge in [-0.1, -0.05) is 30.3 Å². The van der Waals surface area contributed by atoms with Crippen molar-refractivity contribution in [1.82, 2.24) is 9.97 Å². The average molecular weight is 231 g/mol. The standard InChI is InChI=1S/C13H17N3O/c1-17-8-7-11(14)13-15-9-12(16-13)10-5-3-2-4-6-10/h2-6,9,11H,7-8,14H2,1H3,(H,15,16). The number of rotatable bonds is 5. The summed E-state index contributed by atoms with van der Waals surface area (Å²) in [6.45, 7) is 0.641. The first-order valence-electron chi connectivity index (χ1n) is 5.66. The molecule has 2 rings (SSSR count). The summed E-state index contributed by atoms with van der Waals surface area (Å²) in [6.07, 6.45) is 2.58. The zero-order chi connectivity index (χ0) is 12.1. The van der Waals surface area contributed by atoms with E-state index in [1.54, 1.807) is 7.11 Å². The van der Waals surface area contributed by atoms with Crippen LogP contribution in [0.5, 0.6) is 0 Å². The Morgan fingerprint density at radius 2 is 2.12 bits per heavy atom. The third-order valence-corrected chi connectivity index (χ3v) is 2.66. The van der Waals surface area contributed by atoms with Crippen molar-refractivity contribution in [1.29, 1.82) is 0 Å². The topological polar surface area (TPSA) is 63.9 Å². The number of hydrogen-bond donors (Lipinski definition) is 2. The molecular weight excluding hydrogens is 214 g/mol. The van der Waals surface area contributed by atoms with E-state index in [4.69, 9.17) is 10.5 Å². The maximum absolute atomic E-state index is 6.00. The Morgan fingerprint density at radius 3 is 2.82 bits per heavy atom. The van der Waals surface area contributed by atoms with E-state index in [2.05, 4.69) is 9.97 Å². The van der Waals surface area contributed by atoms with Gasteiger partial charge >= 0.3 is 0 Å². The molecular formula is C13H17N3O. The van der Waals surface area contributed by atoms with E-state index in [0.717, 1.165) is 23.5 Å². The highest BCUT2D eigenvalue weighted by molar-refractivity contribution is 5.58. The summed E-state index contributed by atoms with van der Waals surface area (Å²) in [5.74, 6) is 0.806. The zero-order valence-electron chi connectivity index (χ0n) is 9.89. The van der Waals surface area contributed by atoms with E-state index in [1.165, 1.54) is 0 Å². The molecule has 0 fully saturated rings. The lowest BCUT2D eigenvalue weighted by Gasteiger charge is -2.07. The molecule has 4 heteroatoms. The molecule has 1 aromatic carbocycles. The Labute approximate surface area is 101 Å². The van der Waals surface area contributed by atoms with Gasteiger partial charge in [0.1, 0.15) is 5.82 Å². The molecule has 0 aliphatic carbocycles. The predicted octanol–water partition coefficient (Wildman–Crippen LogP) is 2.11. The highest BCUT2D eigenvalue weighted by Gasteiger charge is 2.10. The fourth-order valence-corrected chi connectivity index (χ4v) is 1.67. The van der Waals surface area contributed by atoms with E-state index in [1.807, 2.05) is 36.5 Å². The molecule has 0 radical (unpaired) electrons. The van der Waals surface area contributed by atoms with E-state index in [0.29, 0.717) is 6.61 Å². The molecule has 0 aliphatic heterocycles. The van der Waals surface area contributed by atoms with Gasteiger partial charge in [0.15, 0.2) is 0 Å². The Kier molecular flexibility index (Phi) is 3.90. The van der Waals surface area contributed by atoms with Gasteiger partial charge in [-0.05, 0) is 12.0 Å². The second-order valence-corrected chi connectivity index (χ2v) is 3.94. The van der Waals surface area contributed by atoms with Crippen molar-refractivity contribution in [3.63, 3.8) is 0 Å². The van der Waals surface area contributed by atoms with Crippen LogP contribution in [0, 0.1) is 0 Å². The number of imidazole rings is 1. The number of aromatic amines is 1. The van der Waals surface area contributed by atoms with Crippen LogP contribution >= 0.6 is 0 Å². The van der Waals surface area contributed by atoms with Crippen molar-refractivity contribution in [2.75, 3.05) is 13.7 Å². The fourth-order valence-electron chi connectivity index (χ4n) is 1.67. The van der Waals surface area contributed by atoms with Crippen molar-refractivity contribution in [2.45, 2.75) is 12.5 Å². The number of H-pyrrole nitrogens is 1. The monoisotopic (exact) mass is 231 g/mol. The Hall–Kier alpha value is -1.65. The lowest BCUT2D eigenvalue weighted by molar-refractivity contribution is 0.187. The molecule has 0 amide bonds. The largest absolute Gasteiger partial charge is 0.385 e. The van der Waals surface area contributed by atoms with Gasteiger partial charge in [0, 0.05) is 13.7 Å². The van der Waals surface area contributed by atoms with Crippen LogP contribution in [0.25, 0.3) is 11.3 Å². The number of nitrogens with zero attached hydrogens (tertiary/aromatic N) is 1. The summed E-state index contributed by atoms with van der Waals surface area (Å²) in [5, 5.41) is 0. The molecule has 1 heterocycles. The third kappa shape index (κ3) is 2.93. The van der Waals surface area contributed by atoms with Crippen molar-refractivity contribution in [2.24, 2.45) is 5.73 Å². The molecule has 1 atom stereocenters. The maximum Gasteiger partial charge on any atom is 0.123 e. The molecule has 1 aromatic heterocycles. The predicted molar refractivity (Wildman–Crippen MR) is 67.4 cm³/mol. The SMILES string of the molecule is COCCC(N)c1ncc(-c2ccccc2)[nH]1. The molecule has 0 aliphatic rings. The van der Waals surface area contributed by atoms with Gasteiger partial charge in [0.2, 0.25) is 0 Å². The summed E-state index contributed by atoms with van der Waals surface area (Å²) >= 11 is 0. The van der Waals surface area contributed by atoms with Crippen molar-refractivity contribution in [3.05, 3.63) is 42.4 Å². The normalized spacial score (nSPS) is 12.6. The second kappa shape index (κ2) is 5.61. The van der Waals surface area contributed by atoms with Gasteiger partial charge in [-0.25, -0.2) is 4.98 Å². The quantitative estimate of drug-likeness (QED) is 0.828. The Morgan fingerprint density at radius 1 is 1.35 bits per heavy atom.